The van der Waals surface area contributed by atoms with Gasteiger partial charge in [-0.1, -0.05) is 29.3 Å². The van der Waals surface area contributed by atoms with Crippen LogP contribution in [-0.2, 0) is 4.79 Å². The lowest BCUT2D eigenvalue weighted by Gasteiger charge is -2.08. The maximum absolute atomic E-state index is 11.5. The molecule has 0 bridgehead atoms. The van der Waals surface area contributed by atoms with Crippen molar-refractivity contribution in [2.45, 2.75) is 6.04 Å². The van der Waals surface area contributed by atoms with E-state index < -0.39 is 6.04 Å². The van der Waals surface area contributed by atoms with Gasteiger partial charge in [0.05, 0.1) is 10.0 Å². The number of halogens is 2. The summed E-state index contributed by atoms with van der Waals surface area (Å²) in [5.41, 5.74) is 7.17. The van der Waals surface area contributed by atoms with Gasteiger partial charge in [-0.05, 0) is 18.2 Å². The van der Waals surface area contributed by atoms with Gasteiger partial charge in [0.2, 0.25) is 5.91 Å². The first-order chi connectivity index (χ1) is 9.54. The monoisotopic (exact) mass is 308 g/mol. The molecule has 2 aromatic rings. The molecule has 4 nitrogen and oxygen atoms in total. The van der Waals surface area contributed by atoms with Gasteiger partial charge in [-0.2, -0.15) is 0 Å². The number of hydrogen-bond acceptors (Lipinski definition) is 3. The van der Waals surface area contributed by atoms with Crippen LogP contribution in [0.1, 0.15) is 11.6 Å². The van der Waals surface area contributed by atoms with Gasteiger partial charge in [-0.15, -0.1) is 0 Å². The first-order valence-corrected chi connectivity index (χ1v) is 6.63. The van der Waals surface area contributed by atoms with Crippen molar-refractivity contribution in [3.63, 3.8) is 0 Å². The predicted molar refractivity (Wildman–Crippen MR) is 78.5 cm³/mol. The Morgan fingerprint density at radius 1 is 1.05 bits per heavy atom. The number of amides is 1. The van der Waals surface area contributed by atoms with Gasteiger partial charge in [0, 0.05) is 23.4 Å². The Morgan fingerprint density at radius 2 is 1.75 bits per heavy atom. The average molecular weight is 309 g/mol. The molecule has 1 aliphatic rings. The fourth-order valence-electron chi connectivity index (χ4n) is 2.01. The molecule has 20 heavy (non-hydrogen) atoms. The molecule has 0 saturated carbocycles. The number of hydrogen-bond donors (Lipinski definition) is 2. The summed E-state index contributed by atoms with van der Waals surface area (Å²) in [7, 11) is 0. The summed E-state index contributed by atoms with van der Waals surface area (Å²) < 4.78 is 5.67. The van der Waals surface area contributed by atoms with E-state index in [-0.39, 0.29) is 5.91 Å². The fraction of sp³-hybridized carbons (Fsp3) is 0.0714. The van der Waals surface area contributed by atoms with Gasteiger partial charge in [-0.25, -0.2) is 0 Å². The van der Waals surface area contributed by atoms with Crippen molar-refractivity contribution in [3.8, 4) is 11.5 Å². The third kappa shape index (κ3) is 2.33. The molecule has 1 unspecified atom stereocenters. The average Bonchev–Trinajstić information content (AvgIpc) is 2.69. The van der Waals surface area contributed by atoms with Crippen LogP contribution in [0, 0.1) is 0 Å². The fourth-order valence-corrected chi connectivity index (χ4v) is 2.29. The highest BCUT2D eigenvalue weighted by Crippen LogP contribution is 2.35. The molecule has 1 atom stereocenters. The topological polar surface area (TPSA) is 64.4 Å². The van der Waals surface area contributed by atoms with Crippen LogP contribution in [-0.4, -0.2) is 5.91 Å². The van der Waals surface area contributed by atoms with E-state index in [1.165, 1.54) is 0 Å². The number of ether oxygens (including phenoxy) is 1. The number of carbonyl (C=O) groups is 1. The molecule has 0 aliphatic carbocycles. The normalized spacial score (nSPS) is 16.8. The van der Waals surface area contributed by atoms with Crippen LogP contribution in [0.5, 0.6) is 11.5 Å². The van der Waals surface area contributed by atoms with Gasteiger partial charge in [0.1, 0.15) is 17.5 Å². The number of rotatable bonds is 2. The lowest BCUT2D eigenvalue weighted by molar-refractivity contribution is -0.116. The molecule has 0 aromatic heterocycles. The molecule has 6 heteroatoms. The molecule has 1 amide bonds. The second-order valence-corrected chi connectivity index (χ2v) is 5.21. The predicted octanol–water partition coefficient (Wildman–Crippen LogP) is 3.74. The van der Waals surface area contributed by atoms with E-state index in [1.807, 2.05) is 0 Å². The van der Waals surface area contributed by atoms with Crippen LogP contribution in [0.25, 0.3) is 0 Å². The van der Waals surface area contributed by atoms with E-state index in [0.29, 0.717) is 27.2 Å². The summed E-state index contributed by atoms with van der Waals surface area (Å²) in [6.07, 6.45) is 0. The van der Waals surface area contributed by atoms with Crippen molar-refractivity contribution >= 4 is 34.8 Å². The van der Waals surface area contributed by atoms with Gasteiger partial charge in [0.25, 0.3) is 0 Å². The lowest BCUT2D eigenvalue weighted by atomic mass is 10.1. The smallest absolute Gasteiger partial charge is 0.245 e. The Morgan fingerprint density at radius 3 is 2.50 bits per heavy atom. The van der Waals surface area contributed by atoms with Crippen LogP contribution >= 0.6 is 23.2 Å². The first kappa shape index (κ1) is 13.2. The van der Waals surface area contributed by atoms with Crippen molar-refractivity contribution in [3.05, 3.63) is 52.0 Å². The summed E-state index contributed by atoms with van der Waals surface area (Å²) in [6.45, 7) is 0. The zero-order chi connectivity index (χ0) is 14.3. The minimum atomic E-state index is -0.621. The highest BCUT2D eigenvalue weighted by molar-refractivity contribution is 6.42. The third-order valence-electron chi connectivity index (χ3n) is 3.03. The third-order valence-corrected chi connectivity index (χ3v) is 3.77. The summed E-state index contributed by atoms with van der Waals surface area (Å²) in [6, 6.07) is 9.62. The van der Waals surface area contributed by atoms with E-state index in [4.69, 9.17) is 33.7 Å². The Balaban J connectivity index is 1.87. The minimum Gasteiger partial charge on any atom is -0.457 e. The first-order valence-electron chi connectivity index (χ1n) is 5.88. The number of benzene rings is 2. The molecule has 0 radical (unpaired) electrons. The number of fused-ring (bicyclic) bond motifs is 1. The highest BCUT2D eigenvalue weighted by Gasteiger charge is 2.27. The summed E-state index contributed by atoms with van der Waals surface area (Å²) in [5, 5.41) is 3.58. The van der Waals surface area contributed by atoms with Gasteiger partial charge in [0.15, 0.2) is 0 Å². The quantitative estimate of drug-likeness (QED) is 0.888. The second-order valence-electron chi connectivity index (χ2n) is 4.39. The Hall–Kier alpha value is -1.75. The molecule has 0 fully saturated rings. The summed E-state index contributed by atoms with van der Waals surface area (Å²) in [5.74, 6) is 0.927. The highest BCUT2D eigenvalue weighted by atomic mass is 35.5. The molecular weight excluding hydrogens is 299 g/mol. The van der Waals surface area contributed by atoms with Crippen molar-refractivity contribution < 1.29 is 9.53 Å². The second kappa shape index (κ2) is 4.98. The molecule has 1 heterocycles. The Bertz CT molecular complexity index is 704. The SMILES string of the molecule is NC1C(=O)Nc2cc(Oc3ccc(Cl)c(Cl)c3)ccc21. The summed E-state index contributed by atoms with van der Waals surface area (Å²) >= 11 is 11.8. The lowest BCUT2D eigenvalue weighted by Crippen LogP contribution is -2.19. The molecule has 0 spiro atoms. The van der Waals surface area contributed by atoms with Crippen molar-refractivity contribution in [1.29, 1.82) is 0 Å². The van der Waals surface area contributed by atoms with E-state index in [1.54, 1.807) is 36.4 Å². The van der Waals surface area contributed by atoms with Crippen LogP contribution < -0.4 is 15.8 Å². The molecule has 2 aromatic carbocycles. The van der Waals surface area contributed by atoms with Gasteiger partial charge >= 0.3 is 0 Å². The Labute approximate surface area is 125 Å². The number of nitrogens with two attached hydrogens (primary N) is 1. The van der Waals surface area contributed by atoms with Crippen LogP contribution in [0.3, 0.4) is 0 Å². The van der Waals surface area contributed by atoms with Crippen LogP contribution in [0.4, 0.5) is 5.69 Å². The van der Waals surface area contributed by atoms with E-state index in [0.717, 1.165) is 5.56 Å². The number of carbonyl (C=O) groups excluding carboxylic acids is 1. The zero-order valence-corrected chi connectivity index (χ0v) is 11.7. The minimum absolute atomic E-state index is 0.216. The van der Waals surface area contributed by atoms with E-state index >= 15 is 0 Å². The zero-order valence-electron chi connectivity index (χ0n) is 10.2. The maximum Gasteiger partial charge on any atom is 0.245 e. The standard InChI is InChI=1S/C14H10Cl2N2O2/c15-10-4-2-7(5-11(10)16)20-8-1-3-9-12(6-8)18-14(19)13(9)17/h1-6,13H,17H2,(H,18,19). The van der Waals surface area contributed by atoms with Gasteiger partial charge in [-0.3, -0.25) is 4.79 Å². The molecule has 0 saturated heterocycles. The van der Waals surface area contributed by atoms with Crippen molar-refractivity contribution in [1.82, 2.24) is 0 Å². The van der Waals surface area contributed by atoms with Crippen molar-refractivity contribution in [2.75, 3.05) is 5.32 Å². The molecule has 1 aliphatic heterocycles. The van der Waals surface area contributed by atoms with E-state index in [9.17, 15) is 4.79 Å². The Kier molecular flexibility index (Phi) is 3.30. The molecular formula is C14H10Cl2N2O2. The van der Waals surface area contributed by atoms with Crippen LogP contribution in [0.2, 0.25) is 10.0 Å². The van der Waals surface area contributed by atoms with E-state index in [2.05, 4.69) is 5.32 Å². The number of nitrogens with one attached hydrogen (secondary N) is 1. The van der Waals surface area contributed by atoms with Crippen molar-refractivity contribution in [2.24, 2.45) is 5.73 Å². The van der Waals surface area contributed by atoms with Crippen LogP contribution in [0.15, 0.2) is 36.4 Å². The molecule has 3 rings (SSSR count). The van der Waals surface area contributed by atoms with Gasteiger partial charge < -0.3 is 15.8 Å². The largest absolute Gasteiger partial charge is 0.457 e. The maximum atomic E-state index is 11.5. The summed E-state index contributed by atoms with van der Waals surface area (Å²) in [4.78, 5) is 11.5. The molecule has 102 valence electrons. The number of anilines is 1. The molecule has 3 N–H and O–H groups in total.